The van der Waals surface area contributed by atoms with Crippen molar-refractivity contribution in [3.63, 3.8) is 0 Å². The van der Waals surface area contributed by atoms with Crippen molar-refractivity contribution in [2.24, 2.45) is 0 Å². The smallest absolute Gasteiger partial charge is 0.159 e. The van der Waals surface area contributed by atoms with Crippen LogP contribution in [-0.4, -0.2) is 68.0 Å². The summed E-state index contributed by atoms with van der Waals surface area (Å²) in [4.78, 5) is 19.4. The average Bonchev–Trinajstić information content (AvgIpc) is 2.79. The van der Waals surface area contributed by atoms with Crippen LogP contribution in [0.25, 0.3) is 0 Å². The average molecular weight is 408 g/mol. The number of hydrogen-bond donors (Lipinski definition) is 0. The molecule has 0 radical (unpaired) electrons. The molecule has 5 nitrogen and oxygen atoms in total. The first kappa shape index (κ1) is 20.9. The number of likely N-dealkylation sites (tertiary alicyclic amines) is 1. The molecule has 0 amide bonds. The van der Waals surface area contributed by atoms with Gasteiger partial charge in [0, 0.05) is 50.9 Å². The summed E-state index contributed by atoms with van der Waals surface area (Å²) in [6.07, 6.45) is 2.52. The van der Waals surface area contributed by atoms with Crippen LogP contribution in [0.1, 0.15) is 35.7 Å². The summed E-state index contributed by atoms with van der Waals surface area (Å²) in [5, 5.41) is 0. The van der Waals surface area contributed by atoms with Crippen LogP contribution in [0.5, 0.6) is 5.75 Å². The molecular formula is C25H33N3O2. The van der Waals surface area contributed by atoms with Gasteiger partial charge in [-0.15, -0.1) is 0 Å². The van der Waals surface area contributed by atoms with Crippen LogP contribution < -0.4 is 9.64 Å². The molecule has 0 saturated carbocycles. The Morgan fingerprint density at radius 1 is 1.03 bits per heavy atom. The summed E-state index contributed by atoms with van der Waals surface area (Å²) in [6.45, 7) is 9.09. The quantitative estimate of drug-likeness (QED) is 0.683. The summed E-state index contributed by atoms with van der Waals surface area (Å²) < 4.78 is 5.55. The number of methoxy groups -OCH3 is 1. The van der Waals surface area contributed by atoms with Crippen molar-refractivity contribution in [3.8, 4) is 5.75 Å². The van der Waals surface area contributed by atoms with Gasteiger partial charge in [-0.1, -0.05) is 30.3 Å². The summed E-state index contributed by atoms with van der Waals surface area (Å²) in [7, 11) is 1.75. The normalized spacial score (nSPS) is 20.9. The van der Waals surface area contributed by atoms with Crippen LogP contribution in [0.2, 0.25) is 0 Å². The van der Waals surface area contributed by atoms with E-state index >= 15 is 0 Å². The number of ketones is 1. The predicted octanol–water partition coefficient (Wildman–Crippen LogP) is 3.68. The van der Waals surface area contributed by atoms with Crippen LogP contribution in [0.4, 0.5) is 5.69 Å². The molecule has 1 unspecified atom stereocenters. The highest BCUT2D eigenvalue weighted by Gasteiger charge is 2.28. The number of anilines is 1. The lowest BCUT2D eigenvalue weighted by molar-refractivity contribution is 0.0886. The van der Waals surface area contributed by atoms with Gasteiger partial charge in [0.2, 0.25) is 0 Å². The van der Waals surface area contributed by atoms with E-state index in [0.717, 1.165) is 57.1 Å². The zero-order chi connectivity index (χ0) is 20.9. The van der Waals surface area contributed by atoms with Gasteiger partial charge in [-0.05, 0) is 50.1 Å². The molecule has 2 aromatic carbocycles. The second-order valence-electron chi connectivity index (χ2n) is 8.48. The molecule has 160 valence electrons. The number of carbonyl (C=O) groups excluding carboxylic acids is 1. The van der Waals surface area contributed by atoms with Crippen molar-refractivity contribution >= 4 is 11.5 Å². The Morgan fingerprint density at radius 2 is 1.83 bits per heavy atom. The fourth-order valence-corrected chi connectivity index (χ4v) is 4.84. The number of ether oxygens (including phenoxy) is 1. The molecule has 1 atom stereocenters. The molecule has 2 aromatic rings. The number of para-hydroxylation sites is 2. The van der Waals surface area contributed by atoms with Crippen molar-refractivity contribution in [2.45, 2.75) is 32.4 Å². The molecule has 2 fully saturated rings. The number of rotatable bonds is 6. The van der Waals surface area contributed by atoms with Crippen LogP contribution >= 0.6 is 0 Å². The SMILES string of the molecule is COc1ccccc1N1CCN(C2CCCN(Cc3cccc(C(C)=O)c3)C2)CC1. The van der Waals surface area contributed by atoms with Crippen molar-refractivity contribution in [1.29, 1.82) is 0 Å². The van der Waals surface area contributed by atoms with Gasteiger partial charge in [0.25, 0.3) is 0 Å². The number of Topliss-reactive ketones (excluding diaryl/α,β-unsaturated/α-hetero) is 1. The lowest BCUT2D eigenvalue weighted by Gasteiger charge is -2.44. The summed E-state index contributed by atoms with van der Waals surface area (Å²) >= 11 is 0. The monoisotopic (exact) mass is 407 g/mol. The second-order valence-corrected chi connectivity index (χ2v) is 8.48. The molecule has 0 aromatic heterocycles. The molecule has 2 heterocycles. The molecular weight excluding hydrogens is 374 g/mol. The van der Waals surface area contributed by atoms with E-state index in [1.54, 1.807) is 14.0 Å². The van der Waals surface area contributed by atoms with Crippen molar-refractivity contribution < 1.29 is 9.53 Å². The van der Waals surface area contributed by atoms with Gasteiger partial charge in [0.15, 0.2) is 5.78 Å². The highest BCUT2D eigenvalue weighted by molar-refractivity contribution is 5.94. The number of carbonyl (C=O) groups is 1. The molecule has 0 bridgehead atoms. The number of piperidine rings is 1. The van der Waals surface area contributed by atoms with Crippen molar-refractivity contribution in [1.82, 2.24) is 9.80 Å². The molecule has 2 aliphatic rings. The highest BCUT2D eigenvalue weighted by Crippen LogP contribution is 2.29. The van der Waals surface area contributed by atoms with Gasteiger partial charge in [-0.3, -0.25) is 14.6 Å². The van der Waals surface area contributed by atoms with Gasteiger partial charge in [0.05, 0.1) is 12.8 Å². The van der Waals surface area contributed by atoms with E-state index in [4.69, 9.17) is 4.74 Å². The minimum atomic E-state index is 0.140. The minimum Gasteiger partial charge on any atom is -0.495 e. The first-order valence-electron chi connectivity index (χ1n) is 11.1. The first-order valence-corrected chi connectivity index (χ1v) is 11.1. The summed E-state index contributed by atoms with van der Waals surface area (Å²) in [5.74, 6) is 1.10. The van der Waals surface area contributed by atoms with Gasteiger partial charge < -0.3 is 9.64 Å². The number of benzene rings is 2. The maximum Gasteiger partial charge on any atom is 0.159 e. The second kappa shape index (κ2) is 9.63. The third-order valence-electron chi connectivity index (χ3n) is 6.48. The van der Waals surface area contributed by atoms with Crippen LogP contribution in [0, 0.1) is 0 Å². The van der Waals surface area contributed by atoms with E-state index in [-0.39, 0.29) is 5.78 Å². The van der Waals surface area contributed by atoms with E-state index in [9.17, 15) is 4.79 Å². The number of nitrogens with zero attached hydrogens (tertiary/aromatic N) is 3. The highest BCUT2D eigenvalue weighted by atomic mass is 16.5. The Labute approximate surface area is 180 Å². The largest absolute Gasteiger partial charge is 0.495 e. The Hall–Kier alpha value is -2.37. The topological polar surface area (TPSA) is 36.0 Å². The summed E-state index contributed by atoms with van der Waals surface area (Å²) in [6, 6.07) is 17.0. The molecule has 0 spiro atoms. The third kappa shape index (κ3) is 4.85. The van der Waals surface area contributed by atoms with Crippen molar-refractivity contribution in [3.05, 3.63) is 59.7 Å². The van der Waals surface area contributed by atoms with E-state index in [1.807, 2.05) is 24.3 Å². The van der Waals surface area contributed by atoms with E-state index in [2.05, 4.69) is 39.0 Å². The van der Waals surface area contributed by atoms with Gasteiger partial charge in [-0.2, -0.15) is 0 Å². The first-order chi connectivity index (χ1) is 14.6. The number of piperazine rings is 1. The summed E-state index contributed by atoms with van der Waals surface area (Å²) in [5.41, 5.74) is 3.26. The van der Waals surface area contributed by atoms with E-state index in [1.165, 1.54) is 24.1 Å². The fraction of sp³-hybridized carbons (Fsp3) is 0.480. The maximum atomic E-state index is 11.7. The lowest BCUT2D eigenvalue weighted by Crippen LogP contribution is -2.55. The zero-order valence-electron chi connectivity index (χ0n) is 18.2. The standard InChI is InChI=1S/C25H33N3O2/c1-20(29)22-8-5-7-21(17-22)18-26-12-6-9-23(19-26)27-13-15-28(16-14-27)24-10-3-4-11-25(24)30-2/h3-5,7-8,10-11,17,23H,6,9,12-16,18-19H2,1-2H3. The molecule has 2 aliphatic heterocycles. The Morgan fingerprint density at radius 3 is 2.60 bits per heavy atom. The number of hydrogen-bond acceptors (Lipinski definition) is 5. The maximum absolute atomic E-state index is 11.7. The molecule has 2 saturated heterocycles. The van der Waals surface area contributed by atoms with Gasteiger partial charge in [-0.25, -0.2) is 0 Å². The van der Waals surface area contributed by atoms with Crippen molar-refractivity contribution in [2.75, 3.05) is 51.3 Å². The molecule has 0 N–H and O–H groups in total. The Bertz CT molecular complexity index is 861. The molecule has 4 rings (SSSR count). The predicted molar refractivity (Wildman–Crippen MR) is 122 cm³/mol. The van der Waals surface area contributed by atoms with Crippen LogP contribution in [0.3, 0.4) is 0 Å². The molecule has 5 heteroatoms. The minimum absolute atomic E-state index is 0.140. The molecule has 0 aliphatic carbocycles. The third-order valence-corrected chi connectivity index (χ3v) is 6.48. The van der Waals surface area contributed by atoms with Gasteiger partial charge in [0.1, 0.15) is 5.75 Å². The molecule has 30 heavy (non-hydrogen) atoms. The zero-order valence-corrected chi connectivity index (χ0v) is 18.2. The van der Waals surface area contributed by atoms with E-state index in [0.29, 0.717) is 6.04 Å². The van der Waals surface area contributed by atoms with Crippen LogP contribution in [0.15, 0.2) is 48.5 Å². The van der Waals surface area contributed by atoms with Gasteiger partial charge >= 0.3 is 0 Å². The van der Waals surface area contributed by atoms with E-state index < -0.39 is 0 Å². The van der Waals surface area contributed by atoms with Crippen LogP contribution in [-0.2, 0) is 6.54 Å². The Balaban J connectivity index is 1.33. The Kier molecular flexibility index (Phi) is 6.70. The lowest BCUT2D eigenvalue weighted by atomic mass is 10.0. The fourth-order valence-electron chi connectivity index (χ4n) is 4.84.